The maximum Gasteiger partial charge on any atom is 0.326 e. The fourth-order valence-corrected chi connectivity index (χ4v) is 3.11. The normalized spacial score (nSPS) is 13.9. The van der Waals surface area contributed by atoms with E-state index in [4.69, 9.17) is 17.2 Å². The maximum absolute atomic E-state index is 12.9. The lowest BCUT2D eigenvalue weighted by Crippen LogP contribution is -2.58. The minimum atomic E-state index is -1.50. The van der Waals surface area contributed by atoms with E-state index in [0.29, 0.717) is 5.56 Å². The first-order valence-electron chi connectivity index (χ1n) is 10.7. The highest BCUT2D eigenvalue weighted by Gasteiger charge is 2.31. The van der Waals surface area contributed by atoms with Gasteiger partial charge in [0.2, 0.25) is 29.5 Å². The highest BCUT2D eigenvalue weighted by Crippen LogP contribution is 2.12. The van der Waals surface area contributed by atoms with E-state index in [2.05, 4.69) is 28.6 Å². The SMILES string of the molecule is NC(=O)CCC(NC(=O)C(CC(N)=O)NC(=O)C(N)CS)C(=O)NC(Cc1ccc(O)cc1)C(=O)O. The Kier molecular flexibility index (Phi) is 12.2. The van der Waals surface area contributed by atoms with E-state index in [1.807, 2.05) is 0 Å². The van der Waals surface area contributed by atoms with Crippen LogP contribution >= 0.6 is 12.6 Å². The number of hydrogen-bond acceptors (Lipinski definition) is 9. The lowest BCUT2D eigenvalue weighted by molar-refractivity contribution is -0.142. The van der Waals surface area contributed by atoms with Gasteiger partial charge >= 0.3 is 5.97 Å². The zero-order chi connectivity index (χ0) is 27.4. The van der Waals surface area contributed by atoms with E-state index >= 15 is 0 Å². The number of carboxylic acids is 1. The molecule has 0 radical (unpaired) electrons. The van der Waals surface area contributed by atoms with Crippen LogP contribution in [0.3, 0.4) is 0 Å². The van der Waals surface area contributed by atoms with Gasteiger partial charge in [0.1, 0.15) is 23.9 Å². The number of rotatable bonds is 15. The zero-order valence-corrected chi connectivity index (χ0v) is 20.1. The summed E-state index contributed by atoms with van der Waals surface area (Å²) in [6.45, 7) is 0. The fourth-order valence-electron chi connectivity index (χ4n) is 2.94. The monoisotopic (exact) mass is 526 g/mol. The molecule has 5 amide bonds. The summed E-state index contributed by atoms with van der Waals surface area (Å²) in [5, 5.41) is 25.7. The average molecular weight is 527 g/mol. The van der Waals surface area contributed by atoms with Crippen LogP contribution in [-0.2, 0) is 35.2 Å². The van der Waals surface area contributed by atoms with E-state index in [-0.39, 0.29) is 30.8 Å². The Labute approximate surface area is 211 Å². The second-order valence-corrected chi connectivity index (χ2v) is 8.22. The quantitative estimate of drug-likeness (QED) is 0.105. The van der Waals surface area contributed by atoms with Gasteiger partial charge in [-0.25, -0.2) is 4.79 Å². The minimum absolute atomic E-state index is 0.0307. The van der Waals surface area contributed by atoms with Crippen molar-refractivity contribution >= 4 is 48.1 Å². The van der Waals surface area contributed by atoms with Gasteiger partial charge in [-0.05, 0) is 24.1 Å². The van der Waals surface area contributed by atoms with E-state index in [0.717, 1.165) is 0 Å². The Morgan fingerprint density at radius 1 is 0.833 bits per heavy atom. The molecule has 0 aliphatic carbocycles. The minimum Gasteiger partial charge on any atom is -0.508 e. The van der Waals surface area contributed by atoms with Crippen LogP contribution in [0.5, 0.6) is 5.75 Å². The van der Waals surface area contributed by atoms with Gasteiger partial charge < -0.3 is 43.4 Å². The number of benzene rings is 1. The van der Waals surface area contributed by atoms with Crippen molar-refractivity contribution < 1.29 is 39.0 Å². The molecule has 1 aromatic carbocycles. The second kappa shape index (κ2) is 14.5. The second-order valence-electron chi connectivity index (χ2n) is 7.86. The molecule has 36 heavy (non-hydrogen) atoms. The molecule has 0 saturated heterocycles. The average Bonchev–Trinajstić information content (AvgIpc) is 2.80. The number of phenolic OH excluding ortho intramolecular Hbond substituents is 1. The smallest absolute Gasteiger partial charge is 0.326 e. The lowest BCUT2D eigenvalue weighted by Gasteiger charge is -2.24. The molecule has 1 aromatic rings. The van der Waals surface area contributed by atoms with Crippen molar-refractivity contribution in [3.8, 4) is 5.75 Å². The number of primary amides is 2. The van der Waals surface area contributed by atoms with Crippen LogP contribution in [0.15, 0.2) is 24.3 Å². The number of carbonyl (C=O) groups is 6. The van der Waals surface area contributed by atoms with E-state index in [1.54, 1.807) is 0 Å². The molecule has 0 saturated carbocycles. The van der Waals surface area contributed by atoms with Crippen LogP contribution < -0.4 is 33.2 Å². The van der Waals surface area contributed by atoms with Crippen LogP contribution in [0.2, 0.25) is 0 Å². The highest BCUT2D eigenvalue weighted by atomic mass is 32.1. The van der Waals surface area contributed by atoms with Crippen molar-refractivity contribution in [3.05, 3.63) is 29.8 Å². The molecule has 4 unspecified atom stereocenters. The molecule has 4 atom stereocenters. The van der Waals surface area contributed by atoms with Crippen LogP contribution in [0.1, 0.15) is 24.8 Å². The summed E-state index contributed by atoms with van der Waals surface area (Å²) in [6, 6.07) is 0.158. The van der Waals surface area contributed by atoms with Crippen LogP contribution in [0.25, 0.3) is 0 Å². The van der Waals surface area contributed by atoms with Crippen molar-refractivity contribution in [3.63, 3.8) is 0 Å². The molecule has 0 spiro atoms. The number of nitrogens with one attached hydrogen (secondary N) is 3. The van der Waals surface area contributed by atoms with Gasteiger partial charge in [-0.3, -0.25) is 24.0 Å². The van der Waals surface area contributed by atoms with Gasteiger partial charge in [0.15, 0.2) is 0 Å². The Morgan fingerprint density at radius 3 is 1.86 bits per heavy atom. The molecular formula is C21H30N6O8S. The Bertz CT molecular complexity index is 974. The van der Waals surface area contributed by atoms with Gasteiger partial charge in [0.25, 0.3) is 0 Å². The number of hydrogen-bond donors (Lipinski definition) is 9. The molecular weight excluding hydrogens is 496 g/mol. The number of aliphatic carboxylic acids is 1. The van der Waals surface area contributed by atoms with Crippen molar-refractivity contribution in [2.45, 2.75) is 49.9 Å². The molecule has 0 bridgehead atoms. The highest BCUT2D eigenvalue weighted by molar-refractivity contribution is 7.80. The first kappa shape index (κ1) is 30.2. The summed E-state index contributed by atoms with van der Waals surface area (Å²) >= 11 is 3.88. The third kappa shape index (κ3) is 10.6. The number of nitrogens with two attached hydrogens (primary N) is 3. The van der Waals surface area contributed by atoms with Gasteiger partial charge in [-0.1, -0.05) is 12.1 Å². The van der Waals surface area contributed by atoms with Crippen LogP contribution in [0.4, 0.5) is 0 Å². The summed E-state index contributed by atoms with van der Waals surface area (Å²) in [5.74, 6) is -5.94. The molecule has 0 aliphatic rings. The molecule has 15 heteroatoms. The summed E-state index contributed by atoms with van der Waals surface area (Å²) in [7, 11) is 0. The van der Waals surface area contributed by atoms with Crippen molar-refractivity contribution in [2.75, 3.05) is 5.75 Å². The Balaban J connectivity index is 3.05. The molecule has 198 valence electrons. The lowest BCUT2D eigenvalue weighted by atomic mass is 10.0. The third-order valence-corrected chi connectivity index (χ3v) is 5.27. The predicted octanol–water partition coefficient (Wildman–Crippen LogP) is -3.13. The third-order valence-electron chi connectivity index (χ3n) is 4.87. The molecule has 14 nitrogen and oxygen atoms in total. The maximum atomic E-state index is 12.9. The molecule has 0 aromatic heterocycles. The molecule has 0 aliphatic heterocycles. The molecule has 0 fully saturated rings. The van der Waals surface area contributed by atoms with E-state index < -0.39 is 66.1 Å². The molecule has 0 heterocycles. The summed E-state index contributed by atoms with van der Waals surface area (Å²) in [6.07, 6.45) is -1.42. The number of carboxylic acid groups (broad SMARTS) is 1. The summed E-state index contributed by atoms with van der Waals surface area (Å²) in [4.78, 5) is 72.2. The van der Waals surface area contributed by atoms with Crippen LogP contribution in [0, 0.1) is 0 Å². The van der Waals surface area contributed by atoms with Crippen molar-refractivity contribution in [2.24, 2.45) is 17.2 Å². The molecule has 1 rings (SSSR count). The number of phenols is 1. The fraction of sp³-hybridized carbons (Fsp3) is 0.429. The van der Waals surface area contributed by atoms with E-state index in [9.17, 15) is 39.0 Å². The van der Waals surface area contributed by atoms with Gasteiger partial charge in [0, 0.05) is 18.6 Å². The predicted molar refractivity (Wildman–Crippen MR) is 129 cm³/mol. The van der Waals surface area contributed by atoms with Crippen molar-refractivity contribution in [1.82, 2.24) is 16.0 Å². The number of carbonyl (C=O) groups excluding carboxylic acids is 5. The molecule has 11 N–H and O–H groups in total. The topological polar surface area (TPSA) is 257 Å². The Morgan fingerprint density at radius 2 is 1.36 bits per heavy atom. The van der Waals surface area contributed by atoms with Gasteiger partial charge in [0.05, 0.1) is 12.5 Å². The summed E-state index contributed by atoms with van der Waals surface area (Å²) < 4.78 is 0. The van der Waals surface area contributed by atoms with Crippen molar-refractivity contribution in [1.29, 1.82) is 0 Å². The number of aromatic hydroxyl groups is 1. The number of thiol groups is 1. The largest absolute Gasteiger partial charge is 0.508 e. The summed E-state index contributed by atoms with van der Waals surface area (Å²) in [5.41, 5.74) is 16.3. The number of amides is 5. The Hall–Kier alpha value is -3.85. The first-order chi connectivity index (χ1) is 16.8. The van der Waals surface area contributed by atoms with Gasteiger partial charge in [-0.15, -0.1) is 0 Å². The first-order valence-corrected chi connectivity index (χ1v) is 11.3. The van der Waals surface area contributed by atoms with Crippen LogP contribution in [-0.4, -0.2) is 75.6 Å². The zero-order valence-electron chi connectivity index (χ0n) is 19.2. The standard InChI is InChI=1S/C21H30N6O8S/c22-12(9-36)18(31)26-14(8-17(24)30)20(33)25-13(5-6-16(23)29)19(32)27-15(21(34)35)7-10-1-3-11(28)4-2-10/h1-4,12-15,28,36H,5-9,22H2,(H2,23,29)(H2,24,30)(H,25,33)(H,26,31)(H,27,32)(H,34,35). The van der Waals surface area contributed by atoms with E-state index in [1.165, 1.54) is 24.3 Å². The van der Waals surface area contributed by atoms with Gasteiger partial charge in [-0.2, -0.15) is 12.6 Å².